The van der Waals surface area contributed by atoms with Crippen LogP contribution in [0.5, 0.6) is 0 Å². The Morgan fingerprint density at radius 2 is 2.11 bits per heavy atom. The van der Waals surface area contributed by atoms with Crippen LogP contribution in [0.15, 0.2) is 24.3 Å². The van der Waals surface area contributed by atoms with Crippen molar-refractivity contribution in [2.45, 2.75) is 32.1 Å². The van der Waals surface area contributed by atoms with Gasteiger partial charge in [-0.05, 0) is 32.8 Å². The van der Waals surface area contributed by atoms with Gasteiger partial charge < -0.3 is 5.11 Å². The van der Waals surface area contributed by atoms with Crippen LogP contribution >= 0.6 is 11.3 Å². The summed E-state index contributed by atoms with van der Waals surface area (Å²) in [5.41, 5.74) is 3.56. The summed E-state index contributed by atoms with van der Waals surface area (Å²) in [6.45, 7) is 4.41. The van der Waals surface area contributed by atoms with E-state index in [2.05, 4.69) is 43.1 Å². The molecule has 0 radical (unpaired) electrons. The van der Waals surface area contributed by atoms with Gasteiger partial charge in [0.15, 0.2) is 0 Å². The second-order valence-electron chi connectivity index (χ2n) is 5.24. The lowest BCUT2D eigenvalue weighted by molar-refractivity contribution is 0.256. The fraction of sp³-hybridized carbons (Fsp3) is 0.400. The topological polar surface area (TPSA) is 33.1 Å². The van der Waals surface area contributed by atoms with E-state index in [0.717, 1.165) is 23.5 Å². The number of rotatable bonds is 3. The second-order valence-corrected chi connectivity index (χ2v) is 6.24. The molecule has 1 aliphatic carbocycles. The van der Waals surface area contributed by atoms with Gasteiger partial charge in [-0.25, -0.2) is 4.98 Å². The number of thiazole rings is 1. The van der Waals surface area contributed by atoms with E-state index >= 15 is 0 Å². The lowest BCUT2D eigenvalue weighted by Crippen LogP contribution is -2.11. The summed E-state index contributed by atoms with van der Waals surface area (Å²) in [7, 11) is 0. The predicted molar refractivity (Wildman–Crippen MR) is 75.0 cm³/mol. The molecule has 0 bridgehead atoms. The summed E-state index contributed by atoms with van der Waals surface area (Å²) in [6, 6.07) is 8.44. The molecule has 0 unspecified atom stereocenters. The molecule has 2 aromatic rings. The van der Waals surface area contributed by atoms with E-state index in [1.54, 1.807) is 11.3 Å². The van der Waals surface area contributed by atoms with Crippen molar-refractivity contribution in [1.82, 2.24) is 4.98 Å². The fourth-order valence-electron chi connectivity index (χ4n) is 2.40. The van der Waals surface area contributed by atoms with E-state index < -0.39 is 0 Å². The number of aliphatic hydroxyl groups excluding tert-OH is 1. The third-order valence-electron chi connectivity index (χ3n) is 3.70. The molecule has 1 heterocycles. The van der Waals surface area contributed by atoms with Gasteiger partial charge >= 0.3 is 0 Å². The zero-order chi connectivity index (χ0) is 12.8. The number of aromatic nitrogens is 1. The monoisotopic (exact) mass is 259 g/mol. The van der Waals surface area contributed by atoms with Crippen molar-refractivity contribution in [1.29, 1.82) is 0 Å². The quantitative estimate of drug-likeness (QED) is 0.915. The minimum Gasteiger partial charge on any atom is -0.395 e. The van der Waals surface area contributed by atoms with E-state index in [1.165, 1.54) is 16.0 Å². The average molecular weight is 259 g/mol. The van der Waals surface area contributed by atoms with Crippen molar-refractivity contribution in [2.75, 3.05) is 6.61 Å². The number of aryl methyl sites for hydroxylation is 2. The Hall–Kier alpha value is -1.19. The molecule has 0 amide bonds. The third kappa shape index (κ3) is 1.88. The largest absolute Gasteiger partial charge is 0.395 e. The van der Waals surface area contributed by atoms with Crippen molar-refractivity contribution in [3.8, 4) is 10.6 Å². The van der Waals surface area contributed by atoms with Gasteiger partial charge in [0.05, 0.1) is 12.3 Å². The molecule has 0 aliphatic heterocycles. The maximum Gasteiger partial charge on any atom is 0.123 e. The highest BCUT2D eigenvalue weighted by Crippen LogP contribution is 2.51. The van der Waals surface area contributed by atoms with Crippen LogP contribution in [0.25, 0.3) is 10.6 Å². The summed E-state index contributed by atoms with van der Waals surface area (Å²) in [5.74, 6) is 0. The smallest absolute Gasteiger partial charge is 0.123 e. The van der Waals surface area contributed by atoms with Crippen LogP contribution in [0.4, 0.5) is 0 Å². The highest BCUT2D eigenvalue weighted by Gasteiger charge is 2.46. The van der Waals surface area contributed by atoms with Crippen LogP contribution in [-0.4, -0.2) is 16.7 Å². The Bertz CT molecular complexity index is 584. The molecular formula is C15H17NOS. The molecular weight excluding hydrogens is 242 g/mol. The van der Waals surface area contributed by atoms with E-state index in [1.807, 2.05) is 0 Å². The van der Waals surface area contributed by atoms with Gasteiger partial charge in [0.1, 0.15) is 5.01 Å². The molecule has 2 nitrogen and oxygen atoms in total. The van der Waals surface area contributed by atoms with Crippen LogP contribution in [0, 0.1) is 13.8 Å². The maximum atomic E-state index is 9.54. The Morgan fingerprint density at radius 1 is 1.33 bits per heavy atom. The molecule has 1 fully saturated rings. The van der Waals surface area contributed by atoms with E-state index in [0.29, 0.717) is 0 Å². The number of benzene rings is 1. The molecule has 18 heavy (non-hydrogen) atoms. The molecule has 0 spiro atoms. The van der Waals surface area contributed by atoms with E-state index in [4.69, 9.17) is 0 Å². The lowest BCUT2D eigenvalue weighted by Gasteiger charge is -2.08. The Kier molecular flexibility index (Phi) is 2.76. The molecule has 1 N–H and O–H groups in total. The van der Waals surface area contributed by atoms with Crippen LogP contribution < -0.4 is 0 Å². The first-order chi connectivity index (χ1) is 8.64. The molecule has 3 heteroatoms. The van der Waals surface area contributed by atoms with Crippen LogP contribution in [0.3, 0.4) is 0 Å². The van der Waals surface area contributed by atoms with E-state index in [-0.39, 0.29) is 12.0 Å². The lowest BCUT2D eigenvalue weighted by atomic mass is 10.1. The minimum absolute atomic E-state index is 0.0316. The second kappa shape index (κ2) is 4.18. The molecule has 1 saturated carbocycles. The molecule has 0 saturated heterocycles. The van der Waals surface area contributed by atoms with Crippen molar-refractivity contribution < 1.29 is 5.11 Å². The van der Waals surface area contributed by atoms with Gasteiger partial charge in [-0.3, -0.25) is 0 Å². The van der Waals surface area contributed by atoms with Gasteiger partial charge in [0, 0.05) is 15.9 Å². The number of nitrogens with zero attached hydrogens (tertiary/aromatic N) is 1. The standard InChI is InChI=1S/C15H17NOS/c1-10-4-3-5-12(8-10)14-16-11(2)13(18-14)15(9-17)6-7-15/h3-5,8,17H,6-7,9H2,1-2H3. The van der Waals surface area contributed by atoms with Crippen LogP contribution in [-0.2, 0) is 5.41 Å². The van der Waals surface area contributed by atoms with Crippen molar-refractivity contribution in [3.05, 3.63) is 40.4 Å². The molecule has 0 atom stereocenters. The molecule has 1 aromatic heterocycles. The average Bonchev–Trinajstić information content (AvgIpc) is 3.06. The van der Waals surface area contributed by atoms with Crippen molar-refractivity contribution >= 4 is 11.3 Å². The molecule has 3 rings (SSSR count). The number of hydrogen-bond acceptors (Lipinski definition) is 3. The van der Waals surface area contributed by atoms with Crippen LogP contribution in [0.2, 0.25) is 0 Å². The first-order valence-electron chi connectivity index (χ1n) is 6.30. The number of hydrogen-bond donors (Lipinski definition) is 1. The zero-order valence-corrected chi connectivity index (χ0v) is 11.5. The Labute approximate surface area is 111 Å². The minimum atomic E-state index is 0.0316. The molecule has 94 valence electrons. The van der Waals surface area contributed by atoms with Gasteiger partial charge in [0.25, 0.3) is 0 Å². The maximum absolute atomic E-state index is 9.54. The zero-order valence-electron chi connectivity index (χ0n) is 10.7. The van der Waals surface area contributed by atoms with Gasteiger partial charge in [-0.15, -0.1) is 11.3 Å². The molecule has 1 aliphatic rings. The van der Waals surface area contributed by atoms with Crippen LogP contribution in [0.1, 0.15) is 29.0 Å². The SMILES string of the molecule is Cc1cccc(-c2nc(C)c(C3(CO)CC3)s2)c1. The summed E-state index contributed by atoms with van der Waals surface area (Å²) in [4.78, 5) is 5.96. The first-order valence-corrected chi connectivity index (χ1v) is 7.12. The predicted octanol–water partition coefficient (Wildman–Crippen LogP) is 3.45. The highest BCUT2D eigenvalue weighted by atomic mass is 32.1. The highest BCUT2D eigenvalue weighted by molar-refractivity contribution is 7.15. The Balaban J connectivity index is 2.03. The summed E-state index contributed by atoms with van der Waals surface area (Å²) < 4.78 is 0. The number of aliphatic hydroxyl groups is 1. The van der Waals surface area contributed by atoms with Gasteiger partial charge in [-0.2, -0.15) is 0 Å². The van der Waals surface area contributed by atoms with E-state index in [9.17, 15) is 5.11 Å². The van der Waals surface area contributed by atoms with Gasteiger partial charge in [0.2, 0.25) is 0 Å². The summed E-state index contributed by atoms with van der Waals surface area (Å²) >= 11 is 1.74. The normalized spacial score (nSPS) is 16.8. The fourth-order valence-corrected chi connectivity index (χ4v) is 3.70. The first kappa shape index (κ1) is 11.9. The Morgan fingerprint density at radius 3 is 2.72 bits per heavy atom. The van der Waals surface area contributed by atoms with Crippen molar-refractivity contribution in [2.24, 2.45) is 0 Å². The molecule has 1 aromatic carbocycles. The summed E-state index contributed by atoms with van der Waals surface area (Å²) in [6.07, 6.45) is 2.19. The summed E-state index contributed by atoms with van der Waals surface area (Å²) in [5, 5.41) is 10.6. The van der Waals surface area contributed by atoms with Gasteiger partial charge in [-0.1, -0.05) is 23.8 Å². The van der Waals surface area contributed by atoms with Crippen molar-refractivity contribution in [3.63, 3.8) is 0 Å². The third-order valence-corrected chi connectivity index (χ3v) is 5.15.